The third-order valence-corrected chi connectivity index (χ3v) is 5.56. The van der Waals surface area contributed by atoms with Gasteiger partial charge in [-0.15, -0.1) is 0 Å². The third kappa shape index (κ3) is 5.81. The predicted molar refractivity (Wildman–Crippen MR) is 97.0 cm³/mol. The number of nitrogens with one attached hydrogen (secondary N) is 2. The zero-order valence-corrected chi connectivity index (χ0v) is 16.4. The summed E-state index contributed by atoms with van der Waals surface area (Å²) >= 11 is 0. The molecule has 8 heteroatoms. The van der Waals surface area contributed by atoms with Gasteiger partial charge in [0.1, 0.15) is 6.04 Å². The fourth-order valence-corrected chi connectivity index (χ4v) is 3.43. The summed E-state index contributed by atoms with van der Waals surface area (Å²) in [6, 6.07) is 5.58. The molecule has 0 spiro atoms. The smallest absolute Gasteiger partial charge is 0.324 e. The van der Waals surface area contributed by atoms with Crippen LogP contribution in [0.2, 0.25) is 0 Å². The Labute approximate surface area is 154 Å². The van der Waals surface area contributed by atoms with E-state index in [1.165, 1.54) is 19.1 Å². The molecular formula is C18H26N2O5S. The van der Waals surface area contributed by atoms with E-state index in [9.17, 15) is 18.0 Å². The van der Waals surface area contributed by atoms with Crippen LogP contribution in [0, 0.1) is 0 Å². The number of sulfonamides is 1. The van der Waals surface area contributed by atoms with E-state index in [0.29, 0.717) is 0 Å². The molecule has 0 saturated heterocycles. The highest BCUT2D eigenvalue weighted by molar-refractivity contribution is 7.89. The minimum absolute atomic E-state index is 0.0663. The minimum Gasteiger partial charge on any atom is -0.454 e. The summed E-state index contributed by atoms with van der Waals surface area (Å²) in [5.74, 6) is -1.18. The van der Waals surface area contributed by atoms with E-state index in [4.69, 9.17) is 4.74 Å². The van der Waals surface area contributed by atoms with Crippen molar-refractivity contribution in [1.29, 1.82) is 0 Å². The van der Waals surface area contributed by atoms with Crippen LogP contribution in [0.25, 0.3) is 0 Å². The van der Waals surface area contributed by atoms with Gasteiger partial charge in [0, 0.05) is 6.04 Å². The first-order valence-corrected chi connectivity index (χ1v) is 10.1. The summed E-state index contributed by atoms with van der Waals surface area (Å²) in [6.45, 7) is 7.06. The number of esters is 1. The lowest BCUT2D eigenvalue weighted by molar-refractivity contribution is -0.149. The van der Waals surface area contributed by atoms with Gasteiger partial charge in [-0.3, -0.25) is 9.59 Å². The van der Waals surface area contributed by atoms with Crippen LogP contribution in [-0.2, 0) is 29.8 Å². The van der Waals surface area contributed by atoms with Crippen molar-refractivity contribution < 1.29 is 22.7 Å². The first-order valence-electron chi connectivity index (χ1n) is 8.58. The van der Waals surface area contributed by atoms with E-state index in [1.54, 1.807) is 12.1 Å². The molecule has 1 atom stereocenters. The molecule has 2 N–H and O–H groups in total. The van der Waals surface area contributed by atoms with Crippen LogP contribution in [-0.4, -0.2) is 39.0 Å². The summed E-state index contributed by atoms with van der Waals surface area (Å²) in [7, 11) is -3.87. The number of hydrogen-bond donors (Lipinski definition) is 2. The summed E-state index contributed by atoms with van der Waals surface area (Å²) < 4.78 is 31.9. The van der Waals surface area contributed by atoms with Crippen molar-refractivity contribution in [3.8, 4) is 0 Å². The monoisotopic (exact) mass is 382 g/mol. The van der Waals surface area contributed by atoms with Crippen molar-refractivity contribution in [2.24, 2.45) is 0 Å². The van der Waals surface area contributed by atoms with Crippen LogP contribution in [0.4, 0.5) is 0 Å². The zero-order valence-electron chi connectivity index (χ0n) is 15.5. The number of benzene rings is 1. The molecule has 0 aliphatic heterocycles. The van der Waals surface area contributed by atoms with Crippen molar-refractivity contribution in [2.75, 3.05) is 6.61 Å². The molecule has 0 radical (unpaired) electrons. The van der Waals surface area contributed by atoms with Gasteiger partial charge < -0.3 is 10.1 Å². The second-order valence-electron chi connectivity index (χ2n) is 7.57. The highest BCUT2D eigenvalue weighted by atomic mass is 32.2. The number of ether oxygens (including phenoxy) is 1. The molecule has 0 bridgehead atoms. The topological polar surface area (TPSA) is 102 Å². The quantitative estimate of drug-likeness (QED) is 0.696. The van der Waals surface area contributed by atoms with E-state index in [1.807, 2.05) is 20.8 Å². The number of hydrogen-bond acceptors (Lipinski definition) is 5. The molecule has 0 unspecified atom stereocenters. The predicted octanol–water partition coefficient (Wildman–Crippen LogP) is 1.47. The molecular weight excluding hydrogens is 356 g/mol. The largest absolute Gasteiger partial charge is 0.454 e. The van der Waals surface area contributed by atoms with Gasteiger partial charge in [-0.05, 0) is 42.9 Å². The van der Waals surface area contributed by atoms with E-state index < -0.39 is 28.6 Å². The lowest BCUT2D eigenvalue weighted by Crippen LogP contribution is -2.41. The summed E-state index contributed by atoms with van der Waals surface area (Å²) in [4.78, 5) is 23.5. The van der Waals surface area contributed by atoms with Crippen LogP contribution in [0.3, 0.4) is 0 Å². The number of carbonyl (C=O) groups is 2. The van der Waals surface area contributed by atoms with E-state index in [2.05, 4.69) is 10.0 Å². The highest BCUT2D eigenvalue weighted by Crippen LogP contribution is 2.23. The van der Waals surface area contributed by atoms with Crippen LogP contribution < -0.4 is 10.0 Å². The molecule has 2 rings (SSSR count). The Balaban J connectivity index is 1.92. The Morgan fingerprint density at radius 2 is 1.77 bits per heavy atom. The number of carbonyl (C=O) groups excluding carboxylic acids is 2. The standard InChI is InChI=1S/C18H26N2O5S/c1-12(17(22)25-11-16(21)19-14-7-8-14)20-26(23,24)15-9-5-13(6-10-15)18(2,3)4/h5-6,9-10,12,14,20H,7-8,11H2,1-4H3,(H,19,21)/t12-/m0/s1. The van der Waals surface area contributed by atoms with Crippen LogP contribution in [0.1, 0.15) is 46.1 Å². The molecule has 1 aromatic rings. The van der Waals surface area contributed by atoms with Gasteiger partial charge in [-0.2, -0.15) is 4.72 Å². The lowest BCUT2D eigenvalue weighted by atomic mass is 9.87. The summed E-state index contributed by atoms with van der Waals surface area (Å²) in [5, 5.41) is 2.68. The molecule has 1 fully saturated rings. The zero-order chi connectivity index (χ0) is 19.5. The Hall–Kier alpha value is -1.93. The first-order chi connectivity index (χ1) is 12.0. The Bertz CT molecular complexity index is 762. The normalized spacial score (nSPS) is 16.0. The lowest BCUT2D eigenvalue weighted by Gasteiger charge is -2.19. The van der Waals surface area contributed by atoms with Gasteiger partial charge in [0.15, 0.2) is 6.61 Å². The van der Waals surface area contributed by atoms with Crippen LogP contribution in [0.15, 0.2) is 29.2 Å². The molecule has 0 aromatic heterocycles. The van der Waals surface area contributed by atoms with E-state index >= 15 is 0 Å². The fourth-order valence-electron chi connectivity index (χ4n) is 2.24. The minimum atomic E-state index is -3.87. The second kappa shape index (κ2) is 7.75. The Kier molecular flexibility index (Phi) is 6.08. The average Bonchev–Trinajstić information content (AvgIpc) is 3.35. The maximum Gasteiger partial charge on any atom is 0.324 e. The van der Waals surface area contributed by atoms with Crippen LogP contribution in [0.5, 0.6) is 0 Å². The molecule has 1 amide bonds. The van der Waals surface area contributed by atoms with Gasteiger partial charge in [-0.1, -0.05) is 32.9 Å². The number of rotatable bonds is 7. The van der Waals surface area contributed by atoms with Gasteiger partial charge in [0.05, 0.1) is 4.90 Å². The van der Waals surface area contributed by atoms with E-state index in [0.717, 1.165) is 18.4 Å². The highest BCUT2D eigenvalue weighted by Gasteiger charge is 2.26. The first kappa shape index (κ1) is 20.4. The van der Waals surface area contributed by atoms with Crippen molar-refractivity contribution >= 4 is 21.9 Å². The molecule has 1 saturated carbocycles. The SMILES string of the molecule is C[C@H](NS(=O)(=O)c1ccc(C(C)(C)C)cc1)C(=O)OCC(=O)NC1CC1. The Morgan fingerprint density at radius 3 is 2.27 bits per heavy atom. The van der Waals surface area contributed by atoms with Crippen molar-refractivity contribution in [2.45, 2.75) is 62.9 Å². The molecule has 7 nitrogen and oxygen atoms in total. The molecule has 1 aliphatic carbocycles. The third-order valence-electron chi connectivity index (χ3n) is 4.00. The van der Waals surface area contributed by atoms with Crippen molar-refractivity contribution in [3.63, 3.8) is 0 Å². The van der Waals surface area contributed by atoms with Gasteiger partial charge in [0.25, 0.3) is 5.91 Å². The molecule has 26 heavy (non-hydrogen) atoms. The maximum atomic E-state index is 12.4. The molecule has 1 aliphatic rings. The second-order valence-corrected chi connectivity index (χ2v) is 9.28. The molecule has 144 valence electrons. The van der Waals surface area contributed by atoms with Gasteiger partial charge >= 0.3 is 5.97 Å². The fraction of sp³-hybridized carbons (Fsp3) is 0.556. The van der Waals surface area contributed by atoms with Gasteiger partial charge in [0.2, 0.25) is 10.0 Å². The van der Waals surface area contributed by atoms with Gasteiger partial charge in [-0.25, -0.2) is 8.42 Å². The average molecular weight is 382 g/mol. The molecule has 1 aromatic carbocycles. The van der Waals surface area contributed by atoms with Crippen LogP contribution >= 0.6 is 0 Å². The van der Waals surface area contributed by atoms with Crippen molar-refractivity contribution in [3.05, 3.63) is 29.8 Å². The number of amides is 1. The molecule has 0 heterocycles. The van der Waals surface area contributed by atoms with Crippen molar-refractivity contribution in [1.82, 2.24) is 10.0 Å². The Morgan fingerprint density at radius 1 is 1.19 bits per heavy atom. The van der Waals surface area contributed by atoms with E-state index in [-0.39, 0.29) is 22.3 Å². The summed E-state index contributed by atoms with van der Waals surface area (Å²) in [5.41, 5.74) is 0.916. The maximum absolute atomic E-state index is 12.4. The summed E-state index contributed by atoms with van der Waals surface area (Å²) in [6.07, 6.45) is 1.87.